The molecule has 1 amide bonds. The highest BCUT2D eigenvalue weighted by Gasteiger charge is 2.09. The molecule has 0 radical (unpaired) electrons. The Morgan fingerprint density at radius 3 is 2.85 bits per heavy atom. The number of amides is 1. The van der Waals surface area contributed by atoms with Gasteiger partial charge in [-0.1, -0.05) is 12.1 Å². The van der Waals surface area contributed by atoms with Crippen LogP contribution in [-0.4, -0.2) is 22.5 Å². The molecule has 6 nitrogen and oxygen atoms in total. The van der Waals surface area contributed by atoms with Crippen LogP contribution in [0.5, 0.6) is 5.75 Å². The second kappa shape index (κ2) is 7.77. The largest absolute Gasteiger partial charge is 0.491 e. The number of fused-ring (bicyclic) bond motifs is 1. The Morgan fingerprint density at radius 2 is 2.08 bits per heavy atom. The Morgan fingerprint density at radius 1 is 1.27 bits per heavy atom. The van der Waals surface area contributed by atoms with E-state index < -0.39 is 5.82 Å². The monoisotopic (exact) mass is 355 g/mol. The van der Waals surface area contributed by atoms with Gasteiger partial charge in [0.05, 0.1) is 17.5 Å². The number of aryl methyl sites for hydroxylation is 1. The number of carbonyl (C=O) groups is 1. The molecule has 0 saturated carbocycles. The lowest BCUT2D eigenvalue weighted by Gasteiger charge is -2.08. The fourth-order valence-electron chi connectivity index (χ4n) is 2.56. The smallest absolute Gasteiger partial charge is 0.258 e. The number of anilines is 1. The van der Waals surface area contributed by atoms with Crippen molar-refractivity contribution in [3.8, 4) is 5.75 Å². The van der Waals surface area contributed by atoms with Crippen LogP contribution in [0.4, 0.5) is 10.1 Å². The molecular weight excluding hydrogens is 337 g/mol. The number of carbonyl (C=O) groups excluding carboxylic acids is 1. The van der Waals surface area contributed by atoms with Gasteiger partial charge in [-0.05, 0) is 31.2 Å². The first-order valence-electron chi connectivity index (χ1n) is 8.27. The maximum absolute atomic E-state index is 13.8. The van der Waals surface area contributed by atoms with E-state index >= 15 is 0 Å². The predicted molar refractivity (Wildman–Crippen MR) is 96.9 cm³/mol. The van der Waals surface area contributed by atoms with Crippen LogP contribution in [0.1, 0.15) is 19.2 Å². The van der Waals surface area contributed by atoms with Crippen molar-refractivity contribution in [2.45, 2.75) is 19.8 Å². The van der Waals surface area contributed by atoms with E-state index in [9.17, 15) is 14.0 Å². The minimum absolute atomic E-state index is 0.107. The van der Waals surface area contributed by atoms with Crippen molar-refractivity contribution in [1.82, 2.24) is 9.97 Å². The van der Waals surface area contributed by atoms with Gasteiger partial charge in [0.15, 0.2) is 11.6 Å². The average Bonchev–Trinajstić information content (AvgIpc) is 2.62. The second-order valence-electron chi connectivity index (χ2n) is 5.66. The van der Waals surface area contributed by atoms with Crippen molar-refractivity contribution in [3.63, 3.8) is 0 Å². The van der Waals surface area contributed by atoms with E-state index in [1.807, 2.05) is 0 Å². The average molecular weight is 355 g/mol. The normalized spacial score (nSPS) is 10.7. The first-order valence-corrected chi connectivity index (χ1v) is 8.27. The molecule has 0 aliphatic carbocycles. The lowest BCUT2D eigenvalue weighted by atomic mass is 10.2. The molecule has 0 aliphatic heterocycles. The number of aromatic nitrogens is 2. The van der Waals surface area contributed by atoms with Gasteiger partial charge in [0, 0.05) is 24.6 Å². The van der Waals surface area contributed by atoms with Crippen LogP contribution in [0.3, 0.4) is 0 Å². The van der Waals surface area contributed by atoms with Crippen LogP contribution in [0, 0.1) is 5.82 Å². The van der Waals surface area contributed by atoms with E-state index in [1.54, 1.807) is 37.3 Å². The third kappa shape index (κ3) is 4.05. The van der Waals surface area contributed by atoms with Gasteiger partial charge in [0.1, 0.15) is 5.82 Å². The summed E-state index contributed by atoms with van der Waals surface area (Å²) in [6, 6.07) is 11.3. The Labute approximate surface area is 149 Å². The molecule has 0 bridgehead atoms. The quantitative estimate of drug-likeness (QED) is 0.712. The van der Waals surface area contributed by atoms with Gasteiger partial charge in [0.25, 0.3) is 5.56 Å². The molecule has 7 heteroatoms. The number of rotatable bonds is 6. The maximum atomic E-state index is 13.8. The van der Waals surface area contributed by atoms with E-state index in [0.717, 1.165) is 0 Å². The van der Waals surface area contributed by atoms with Crippen molar-refractivity contribution in [1.29, 1.82) is 0 Å². The van der Waals surface area contributed by atoms with Gasteiger partial charge in [-0.3, -0.25) is 9.59 Å². The number of H-pyrrole nitrogens is 1. The molecule has 26 heavy (non-hydrogen) atoms. The van der Waals surface area contributed by atoms with E-state index in [0.29, 0.717) is 29.0 Å². The number of nitrogens with one attached hydrogen (secondary N) is 2. The van der Waals surface area contributed by atoms with E-state index in [4.69, 9.17) is 4.74 Å². The molecule has 0 aliphatic rings. The van der Waals surface area contributed by atoms with E-state index in [1.165, 1.54) is 12.1 Å². The summed E-state index contributed by atoms with van der Waals surface area (Å²) in [4.78, 5) is 31.1. The van der Waals surface area contributed by atoms with Gasteiger partial charge in [-0.25, -0.2) is 9.37 Å². The minimum atomic E-state index is -0.537. The van der Waals surface area contributed by atoms with Crippen LogP contribution < -0.4 is 15.6 Å². The summed E-state index contributed by atoms with van der Waals surface area (Å²) in [5.74, 6) is -0.264. The predicted octanol–water partition coefficient (Wildman–Crippen LogP) is 3.03. The number of hydrogen-bond acceptors (Lipinski definition) is 4. The summed E-state index contributed by atoms with van der Waals surface area (Å²) in [7, 11) is 0. The number of nitrogens with zero attached hydrogens (tertiary/aromatic N) is 1. The third-order valence-corrected chi connectivity index (χ3v) is 3.77. The highest BCUT2D eigenvalue weighted by molar-refractivity contribution is 5.90. The lowest BCUT2D eigenvalue weighted by molar-refractivity contribution is -0.116. The molecule has 1 heterocycles. The molecule has 0 fully saturated rings. The Bertz CT molecular complexity index is 1000. The molecule has 3 rings (SSSR count). The zero-order chi connectivity index (χ0) is 18.5. The van der Waals surface area contributed by atoms with E-state index in [2.05, 4.69) is 15.3 Å². The summed E-state index contributed by atoms with van der Waals surface area (Å²) in [6.45, 7) is 2.12. The highest BCUT2D eigenvalue weighted by Crippen LogP contribution is 2.21. The summed E-state index contributed by atoms with van der Waals surface area (Å²) in [5, 5.41) is 3.12. The van der Waals surface area contributed by atoms with Gasteiger partial charge in [-0.15, -0.1) is 0 Å². The highest BCUT2D eigenvalue weighted by atomic mass is 19.1. The Hall–Kier alpha value is -3.22. The summed E-state index contributed by atoms with van der Waals surface area (Å²) in [6.07, 6.45) is 0.377. The van der Waals surface area contributed by atoms with Gasteiger partial charge in [0.2, 0.25) is 5.91 Å². The van der Waals surface area contributed by atoms with Crippen molar-refractivity contribution >= 4 is 22.5 Å². The molecule has 0 atom stereocenters. The molecule has 0 spiro atoms. The SMILES string of the molecule is CCOc1ccc(NC(=O)CCc2nc3ccccc3c(=O)[nH]2)cc1F. The van der Waals surface area contributed by atoms with E-state index in [-0.39, 0.29) is 30.1 Å². The molecule has 1 aromatic heterocycles. The molecule has 2 N–H and O–H groups in total. The number of ether oxygens (including phenoxy) is 1. The van der Waals surface area contributed by atoms with Crippen LogP contribution in [0.15, 0.2) is 47.3 Å². The van der Waals surface area contributed by atoms with Crippen molar-refractivity contribution in [3.05, 3.63) is 64.5 Å². The van der Waals surface area contributed by atoms with Gasteiger partial charge < -0.3 is 15.0 Å². The zero-order valence-electron chi connectivity index (χ0n) is 14.2. The van der Waals surface area contributed by atoms with Gasteiger partial charge >= 0.3 is 0 Å². The molecule has 0 unspecified atom stereocenters. The first-order chi connectivity index (χ1) is 12.6. The maximum Gasteiger partial charge on any atom is 0.258 e. The standard InChI is InChI=1S/C19H18FN3O3/c1-2-26-16-8-7-12(11-14(16)20)21-18(24)10-9-17-22-15-6-4-3-5-13(15)19(25)23-17/h3-8,11H,2,9-10H2,1H3,(H,21,24)(H,22,23,25). The van der Waals surface area contributed by atoms with Crippen LogP contribution in [0.25, 0.3) is 10.9 Å². The fourth-order valence-corrected chi connectivity index (χ4v) is 2.56. The minimum Gasteiger partial charge on any atom is -0.491 e. The summed E-state index contributed by atoms with van der Waals surface area (Å²) in [5.41, 5.74) is 0.691. The second-order valence-corrected chi connectivity index (χ2v) is 5.66. The zero-order valence-corrected chi connectivity index (χ0v) is 14.2. The fraction of sp³-hybridized carbons (Fsp3) is 0.211. The van der Waals surface area contributed by atoms with Crippen LogP contribution >= 0.6 is 0 Å². The number of benzene rings is 2. The third-order valence-electron chi connectivity index (χ3n) is 3.77. The number of halogens is 1. The topological polar surface area (TPSA) is 84.1 Å². The number of para-hydroxylation sites is 1. The molecule has 0 saturated heterocycles. The first kappa shape index (κ1) is 17.6. The summed E-state index contributed by atoms with van der Waals surface area (Å²) < 4.78 is 18.9. The molecular formula is C19H18FN3O3. The number of aromatic amines is 1. The van der Waals surface area contributed by atoms with Crippen LogP contribution in [-0.2, 0) is 11.2 Å². The molecule has 3 aromatic rings. The van der Waals surface area contributed by atoms with Crippen molar-refractivity contribution < 1.29 is 13.9 Å². The van der Waals surface area contributed by atoms with Crippen molar-refractivity contribution in [2.24, 2.45) is 0 Å². The molecule has 2 aromatic carbocycles. The van der Waals surface area contributed by atoms with Crippen LogP contribution in [0.2, 0.25) is 0 Å². The number of hydrogen-bond donors (Lipinski definition) is 2. The lowest BCUT2D eigenvalue weighted by Crippen LogP contribution is -2.16. The summed E-state index contributed by atoms with van der Waals surface area (Å²) >= 11 is 0. The van der Waals surface area contributed by atoms with Crippen molar-refractivity contribution in [2.75, 3.05) is 11.9 Å². The Balaban J connectivity index is 1.64. The molecule has 134 valence electrons. The Kier molecular flexibility index (Phi) is 5.26. The van der Waals surface area contributed by atoms with Gasteiger partial charge in [-0.2, -0.15) is 0 Å².